The molecule has 4 aromatic rings. The van der Waals surface area contributed by atoms with Crippen molar-refractivity contribution >= 4 is 49.6 Å². The van der Waals surface area contributed by atoms with Crippen molar-refractivity contribution in [1.29, 1.82) is 0 Å². The summed E-state index contributed by atoms with van der Waals surface area (Å²) in [6.07, 6.45) is -0.842. The average Bonchev–Trinajstić information content (AvgIpc) is 2.75. The fraction of sp³-hybridized carbons (Fsp3) is 0.308. The number of hydrogen-bond donors (Lipinski definition) is 1. The van der Waals surface area contributed by atoms with Gasteiger partial charge in [0.2, 0.25) is 0 Å². The van der Waals surface area contributed by atoms with E-state index in [4.69, 9.17) is 26.1 Å². The van der Waals surface area contributed by atoms with E-state index in [1.165, 1.54) is 16.2 Å². The molecule has 2 atom stereocenters. The molecular formula is C26H26ClNO3. The Morgan fingerprint density at radius 1 is 0.903 bits per heavy atom. The third-order valence-corrected chi connectivity index (χ3v) is 6.22. The van der Waals surface area contributed by atoms with Crippen LogP contribution in [0.15, 0.2) is 60.7 Å². The maximum Gasteiger partial charge on any atom is 0.196 e. The zero-order chi connectivity index (χ0) is 21.8. The lowest BCUT2D eigenvalue weighted by atomic mass is 9.96. The Hall–Kier alpha value is -2.37. The Morgan fingerprint density at radius 3 is 2.48 bits per heavy atom. The molecule has 1 aliphatic heterocycles. The van der Waals surface area contributed by atoms with Crippen LogP contribution < -0.4 is 5.32 Å². The third-order valence-electron chi connectivity index (χ3n) is 5.93. The van der Waals surface area contributed by atoms with Gasteiger partial charge >= 0.3 is 0 Å². The van der Waals surface area contributed by atoms with E-state index >= 15 is 0 Å². The van der Waals surface area contributed by atoms with Crippen LogP contribution >= 0.6 is 11.6 Å². The first-order valence-corrected chi connectivity index (χ1v) is 11.0. The summed E-state index contributed by atoms with van der Waals surface area (Å²) in [6, 6.07) is 21.0. The molecule has 5 rings (SSSR count). The standard InChI is InChI=1S/C26H26ClNO3/c1-15(2)24-29-25(26(3,4)31-30-24)28-22-11-7-10-19-18-13-12-16-8-5-6-9-17(16)20(18)14-21(27)23(19)22/h5-15,24-25,28H,1-4H3. The molecule has 31 heavy (non-hydrogen) atoms. The van der Waals surface area contributed by atoms with E-state index in [0.717, 1.165) is 21.8 Å². The lowest BCUT2D eigenvalue weighted by Gasteiger charge is -2.42. The molecule has 0 aromatic heterocycles. The van der Waals surface area contributed by atoms with Crippen molar-refractivity contribution in [3.8, 4) is 0 Å². The van der Waals surface area contributed by atoms with Gasteiger partial charge in [-0.05, 0) is 52.9 Å². The van der Waals surface area contributed by atoms with Gasteiger partial charge in [-0.3, -0.25) is 0 Å². The summed E-state index contributed by atoms with van der Waals surface area (Å²) in [5, 5.41) is 11.0. The van der Waals surface area contributed by atoms with Crippen molar-refractivity contribution in [2.24, 2.45) is 5.92 Å². The Kier molecular flexibility index (Phi) is 5.06. The van der Waals surface area contributed by atoms with Gasteiger partial charge in [0.15, 0.2) is 12.5 Å². The van der Waals surface area contributed by atoms with Crippen molar-refractivity contribution in [3.05, 3.63) is 65.7 Å². The Labute approximate surface area is 187 Å². The molecule has 4 aromatic carbocycles. The van der Waals surface area contributed by atoms with Gasteiger partial charge in [-0.25, -0.2) is 9.78 Å². The summed E-state index contributed by atoms with van der Waals surface area (Å²) in [7, 11) is 0. The predicted octanol–water partition coefficient (Wildman–Crippen LogP) is 7.28. The highest BCUT2D eigenvalue weighted by atomic mass is 35.5. The van der Waals surface area contributed by atoms with Gasteiger partial charge in [-0.1, -0.05) is 74.0 Å². The topological polar surface area (TPSA) is 39.7 Å². The number of nitrogens with one attached hydrogen (secondary N) is 1. The summed E-state index contributed by atoms with van der Waals surface area (Å²) in [4.78, 5) is 11.1. The molecule has 1 saturated heterocycles. The molecule has 1 fully saturated rings. The molecule has 0 aliphatic carbocycles. The van der Waals surface area contributed by atoms with Crippen molar-refractivity contribution in [2.75, 3.05) is 5.32 Å². The monoisotopic (exact) mass is 435 g/mol. The molecule has 1 heterocycles. The summed E-state index contributed by atoms with van der Waals surface area (Å²) in [5.41, 5.74) is 0.233. The third kappa shape index (κ3) is 3.54. The van der Waals surface area contributed by atoms with E-state index in [9.17, 15) is 0 Å². The molecular weight excluding hydrogens is 410 g/mol. The van der Waals surface area contributed by atoms with Gasteiger partial charge < -0.3 is 10.1 Å². The zero-order valence-electron chi connectivity index (χ0n) is 18.1. The number of hydrogen-bond acceptors (Lipinski definition) is 4. The van der Waals surface area contributed by atoms with Crippen molar-refractivity contribution in [2.45, 2.75) is 45.8 Å². The first kappa shape index (κ1) is 20.5. The minimum absolute atomic E-state index is 0.161. The van der Waals surface area contributed by atoms with Crippen LogP contribution in [0.4, 0.5) is 5.69 Å². The minimum Gasteiger partial charge on any atom is -0.357 e. The molecule has 0 spiro atoms. The number of ether oxygens (including phenoxy) is 1. The van der Waals surface area contributed by atoms with Gasteiger partial charge in [-0.15, -0.1) is 0 Å². The number of anilines is 1. The quantitative estimate of drug-likeness (QED) is 0.271. The van der Waals surface area contributed by atoms with Gasteiger partial charge in [0.05, 0.1) is 5.02 Å². The van der Waals surface area contributed by atoms with Crippen LogP contribution in [-0.4, -0.2) is 18.1 Å². The fourth-order valence-electron chi connectivity index (χ4n) is 4.19. The average molecular weight is 436 g/mol. The largest absolute Gasteiger partial charge is 0.357 e. The van der Waals surface area contributed by atoms with Crippen molar-refractivity contribution < 1.29 is 14.5 Å². The lowest BCUT2D eigenvalue weighted by molar-refractivity contribution is -0.485. The summed E-state index contributed by atoms with van der Waals surface area (Å²) in [6.45, 7) is 7.95. The van der Waals surface area contributed by atoms with Gasteiger partial charge in [0.1, 0.15) is 5.60 Å². The molecule has 4 nitrogen and oxygen atoms in total. The molecule has 1 N–H and O–H groups in total. The van der Waals surface area contributed by atoms with Crippen LogP contribution in [0, 0.1) is 5.92 Å². The molecule has 0 amide bonds. The van der Waals surface area contributed by atoms with Crippen LogP contribution in [0.25, 0.3) is 32.3 Å². The second kappa shape index (κ2) is 7.64. The molecule has 5 heteroatoms. The predicted molar refractivity (Wildman–Crippen MR) is 127 cm³/mol. The summed E-state index contributed by atoms with van der Waals surface area (Å²) < 4.78 is 6.20. The van der Waals surface area contributed by atoms with Crippen LogP contribution in [0.5, 0.6) is 0 Å². The van der Waals surface area contributed by atoms with E-state index in [2.05, 4.69) is 53.8 Å². The molecule has 2 unspecified atom stereocenters. The zero-order valence-corrected chi connectivity index (χ0v) is 18.9. The highest BCUT2D eigenvalue weighted by molar-refractivity contribution is 6.39. The van der Waals surface area contributed by atoms with E-state index in [1.54, 1.807) is 0 Å². The molecule has 1 aliphatic rings. The Morgan fingerprint density at radius 2 is 1.68 bits per heavy atom. The van der Waals surface area contributed by atoms with Crippen LogP contribution in [0.3, 0.4) is 0 Å². The van der Waals surface area contributed by atoms with Crippen LogP contribution in [0.2, 0.25) is 5.02 Å². The normalized spacial score (nSPS) is 21.2. The number of rotatable bonds is 3. The molecule has 0 saturated carbocycles. The molecule has 160 valence electrons. The first-order chi connectivity index (χ1) is 14.8. The fourth-order valence-corrected chi connectivity index (χ4v) is 4.51. The smallest absolute Gasteiger partial charge is 0.196 e. The van der Waals surface area contributed by atoms with E-state index < -0.39 is 18.1 Å². The van der Waals surface area contributed by atoms with E-state index in [1.807, 2.05) is 39.8 Å². The maximum atomic E-state index is 6.87. The minimum atomic E-state index is -0.674. The van der Waals surface area contributed by atoms with Crippen LogP contribution in [0.1, 0.15) is 27.7 Å². The highest BCUT2D eigenvalue weighted by Gasteiger charge is 2.41. The SMILES string of the molecule is CC(C)C1OOC(C)(C)C(Nc2cccc3c2c(Cl)cc2c4ccccc4ccc32)O1. The van der Waals surface area contributed by atoms with Gasteiger partial charge in [0, 0.05) is 17.0 Å². The molecule has 0 radical (unpaired) electrons. The second-order valence-electron chi connectivity index (χ2n) is 9.02. The first-order valence-electron chi connectivity index (χ1n) is 10.6. The summed E-state index contributed by atoms with van der Waals surface area (Å²) in [5.74, 6) is 0.161. The van der Waals surface area contributed by atoms with Crippen molar-refractivity contribution in [1.82, 2.24) is 0 Å². The van der Waals surface area contributed by atoms with Crippen molar-refractivity contribution in [3.63, 3.8) is 0 Å². The lowest BCUT2D eigenvalue weighted by Crippen LogP contribution is -2.54. The number of fused-ring (bicyclic) bond motifs is 5. The number of benzene rings is 4. The van der Waals surface area contributed by atoms with E-state index in [0.29, 0.717) is 5.02 Å². The Balaban J connectivity index is 1.65. The van der Waals surface area contributed by atoms with Gasteiger partial charge in [0.25, 0.3) is 0 Å². The summed E-state index contributed by atoms with van der Waals surface area (Å²) >= 11 is 6.87. The van der Waals surface area contributed by atoms with E-state index in [-0.39, 0.29) is 5.92 Å². The molecule has 0 bridgehead atoms. The number of halogens is 1. The Bertz CT molecular complexity index is 1280. The highest BCUT2D eigenvalue weighted by Crippen LogP contribution is 2.40. The second-order valence-corrected chi connectivity index (χ2v) is 9.43. The van der Waals surface area contributed by atoms with Gasteiger partial charge in [-0.2, -0.15) is 0 Å². The van der Waals surface area contributed by atoms with Crippen LogP contribution in [-0.2, 0) is 14.5 Å². The maximum absolute atomic E-state index is 6.87.